The molecule has 1 N–H and O–H groups in total. The van der Waals surface area contributed by atoms with Gasteiger partial charge in [0.15, 0.2) is 5.96 Å². The second-order valence-corrected chi connectivity index (χ2v) is 6.70. The van der Waals surface area contributed by atoms with E-state index in [0.717, 1.165) is 62.6 Å². The van der Waals surface area contributed by atoms with Crippen molar-refractivity contribution in [2.24, 2.45) is 16.8 Å². The van der Waals surface area contributed by atoms with Crippen LogP contribution in [0.4, 0.5) is 0 Å². The molecule has 5 nitrogen and oxygen atoms in total. The van der Waals surface area contributed by atoms with Crippen LogP contribution in [0.2, 0.25) is 0 Å². The lowest BCUT2D eigenvalue weighted by molar-refractivity contribution is 0.208. The largest absolute Gasteiger partial charge is 0.356 e. The number of piperidine rings is 1. The highest BCUT2D eigenvalue weighted by atomic mass is 127. The Labute approximate surface area is 158 Å². The Kier molecular flexibility index (Phi) is 8.94. The van der Waals surface area contributed by atoms with E-state index < -0.39 is 0 Å². The average Bonchev–Trinajstić information content (AvgIpc) is 2.87. The van der Waals surface area contributed by atoms with Crippen molar-refractivity contribution >= 4 is 29.9 Å². The number of aryl methyl sites for hydroxylation is 2. The summed E-state index contributed by atoms with van der Waals surface area (Å²) in [6.45, 7) is 11.0. The van der Waals surface area contributed by atoms with Crippen molar-refractivity contribution in [1.82, 2.24) is 19.8 Å². The molecule has 0 saturated carbocycles. The Morgan fingerprint density at radius 3 is 2.57 bits per heavy atom. The fourth-order valence-corrected chi connectivity index (χ4v) is 3.42. The van der Waals surface area contributed by atoms with E-state index in [2.05, 4.69) is 51.7 Å². The predicted octanol–water partition coefficient (Wildman–Crippen LogP) is 3.14. The highest BCUT2D eigenvalue weighted by molar-refractivity contribution is 14.0. The zero-order chi connectivity index (χ0) is 15.9. The molecule has 0 aromatic carbocycles. The van der Waals surface area contributed by atoms with Crippen LogP contribution in [0.3, 0.4) is 0 Å². The molecule has 0 aliphatic carbocycles. The average molecular weight is 433 g/mol. The summed E-state index contributed by atoms with van der Waals surface area (Å²) in [5.41, 5.74) is 0. The quantitative estimate of drug-likeness (QED) is 0.336. The summed E-state index contributed by atoms with van der Waals surface area (Å²) >= 11 is 0. The minimum absolute atomic E-state index is 0. The van der Waals surface area contributed by atoms with Crippen molar-refractivity contribution < 1.29 is 0 Å². The van der Waals surface area contributed by atoms with Gasteiger partial charge in [-0.05, 0) is 38.0 Å². The zero-order valence-electron chi connectivity index (χ0n) is 15.0. The Hall–Kier alpha value is -0.790. The number of nitrogens with one attached hydrogen (secondary N) is 1. The first kappa shape index (κ1) is 20.3. The van der Waals surface area contributed by atoms with Crippen LogP contribution in [-0.4, -0.2) is 47.1 Å². The van der Waals surface area contributed by atoms with Crippen LogP contribution in [0.5, 0.6) is 0 Å². The fourth-order valence-electron chi connectivity index (χ4n) is 3.42. The van der Waals surface area contributed by atoms with Gasteiger partial charge in [-0.15, -0.1) is 24.0 Å². The first-order valence-corrected chi connectivity index (χ1v) is 8.53. The maximum atomic E-state index is 4.46. The molecule has 6 heteroatoms. The molecule has 1 saturated heterocycles. The van der Waals surface area contributed by atoms with Crippen molar-refractivity contribution in [2.45, 2.75) is 46.6 Å². The first-order chi connectivity index (χ1) is 10.6. The summed E-state index contributed by atoms with van der Waals surface area (Å²) in [4.78, 5) is 11.1. The third-order valence-electron chi connectivity index (χ3n) is 4.41. The monoisotopic (exact) mass is 433 g/mol. The standard InChI is InChI=1S/C17H31N5.HI/c1-14-11-15(2)13-22(12-14)17(18-4)20-7-5-6-9-21-10-8-19-16(21)3;/h8,10,14-15H,5-7,9,11-13H2,1-4H3,(H,18,20);1H. The zero-order valence-corrected chi connectivity index (χ0v) is 17.3. The lowest BCUT2D eigenvalue weighted by atomic mass is 9.92. The summed E-state index contributed by atoms with van der Waals surface area (Å²) in [6, 6.07) is 0. The van der Waals surface area contributed by atoms with Gasteiger partial charge in [-0.2, -0.15) is 0 Å². The molecule has 132 valence electrons. The van der Waals surface area contributed by atoms with Gasteiger partial charge in [-0.25, -0.2) is 4.98 Å². The molecular formula is C17H32IN5. The summed E-state index contributed by atoms with van der Waals surface area (Å²) in [5, 5.41) is 3.53. The minimum Gasteiger partial charge on any atom is -0.356 e. The van der Waals surface area contributed by atoms with Crippen LogP contribution in [-0.2, 0) is 6.54 Å². The Bertz CT molecular complexity index is 475. The summed E-state index contributed by atoms with van der Waals surface area (Å²) < 4.78 is 2.21. The van der Waals surface area contributed by atoms with E-state index in [1.165, 1.54) is 6.42 Å². The van der Waals surface area contributed by atoms with Crippen LogP contribution in [0.1, 0.15) is 38.9 Å². The molecule has 2 atom stereocenters. The highest BCUT2D eigenvalue weighted by Crippen LogP contribution is 2.20. The lowest BCUT2D eigenvalue weighted by Crippen LogP contribution is -2.48. The smallest absolute Gasteiger partial charge is 0.193 e. The maximum Gasteiger partial charge on any atom is 0.193 e. The SMILES string of the molecule is CN=C(NCCCCn1ccnc1C)N1CC(C)CC(C)C1.I. The van der Waals surface area contributed by atoms with E-state index in [9.17, 15) is 0 Å². The molecule has 1 aromatic heterocycles. The Balaban J connectivity index is 0.00000264. The number of hydrogen-bond donors (Lipinski definition) is 1. The Morgan fingerprint density at radius 2 is 2.00 bits per heavy atom. The number of unbranched alkanes of at least 4 members (excludes halogenated alkanes) is 1. The van der Waals surface area contributed by atoms with Crippen LogP contribution in [0.15, 0.2) is 17.4 Å². The highest BCUT2D eigenvalue weighted by Gasteiger charge is 2.23. The van der Waals surface area contributed by atoms with Gasteiger partial charge >= 0.3 is 0 Å². The summed E-state index contributed by atoms with van der Waals surface area (Å²) in [5.74, 6) is 3.68. The number of imidazole rings is 1. The summed E-state index contributed by atoms with van der Waals surface area (Å²) in [7, 11) is 1.89. The first-order valence-electron chi connectivity index (χ1n) is 8.53. The van der Waals surface area contributed by atoms with E-state index in [1.807, 2.05) is 13.2 Å². The number of aromatic nitrogens is 2. The van der Waals surface area contributed by atoms with Gasteiger partial charge < -0.3 is 14.8 Å². The second kappa shape index (κ2) is 10.2. The van der Waals surface area contributed by atoms with Crippen LogP contribution < -0.4 is 5.32 Å². The van der Waals surface area contributed by atoms with Gasteiger partial charge in [0.1, 0.15) is 5.82 Å². The third kappa shape index (κ3) is 6.31. The fraction of sp³-hybridized carbons (Fsp3) is 0.765. The Morgan fingerprint density at radius 1 is 1.30 bits per heavy atom. The van der Waals surface area contributed by atoms with E-state index in [4.69, 9.17) is 0 Å². The van der Waals surface area contributed by atoms with E-state index in [1.54, 1.807) is 0 Å². The van der Waals surface area contributed by atoms with E-state index >= 15 is 0 Å². The van der Waals surface area contributed by atoms with Crippen molar-refractivity contribution in [1.29, 1.82) is 0 Å². The number of likely N-dealkylation sites (tertiary alicyclic amines) is 1. The number of halogens is 1. The molecule has 23 heavy (non-hydrogen) atoms. The second-order valence-electron chi connectivity index (χ2n) is 6.70. The molecule has 1 fully saturated rings. The van der Waals surface area contributed by atoms with Gasteiger partial charge in [0.25, 0.3) is 0 Å². The molecule has 0 spiro atoms. The minimum atomic E-state index is 0. The maximum absolute atomic E-state index is 4.46. The van der Waals surface area contributed by atoms with Crippen molar-refractivity contribution in [3.63, 3.8) is 0 Å². The van der Waals surface area contributed by atoms with Crippen LogP contribution in [0, 0.1) is 18.8 Å². The predicted molar refractivity (Wildman–Crippen MR) is 107 cm³/mol. The number of aliphatic imine (C=N–C) groups is 1. The molecule has 0 bridgehead atoms. The number of hydrogen-bond acceptors (Lipinski definition) is 2. The molecule has 0 radical (unpaired) electrons. The molecular weight excluding hydrogens is 401 g/mol. The van der Waals surface area contributed by atoms with E-state index in [0.29, 0.717) is 0 Å². The molecule has 1 aliphatic rings. The number of rotatable bonds is 5. The molecule has 2 heterocycles. The lowest BCUT2D eigenvalue weighted by Gasteiger charge is -2.37. The topological polar surface area (TPSA) is 45.5 Å². The normalized spacial score (nSPS) is 21.9. The van der Waals surface area contributed by atoms with Crippen molar-refractivity contribution in [2.75, 3.05) is 26.7 Å². The molecule has 2 unspecified atom stereocenters. The van der Waals surface area contributed by atoms with Gasteiger partial charge in [0, 0.05) is 45.6 Å². The van der Waals surface area contributed by atoms with Gasteiger partial charge in [-0.3, -0.25) is 4.99 Å². The van der Waals surface area contributed by atoms with Crippen molar-refractivity contribution in [3.05, 3.63) is 18.2 Å². The number of nitrogens with zero attached hydrogens (tertiary/aromatic N) is 4. The molecule has 0 amide bonds. The van der Waals surface area contributed by atoms with Crippen LogP contribution >= 0.6 is 24.0 Å². The van der Waals surface area contributed by atoms with Gasteiger partial charge in [-0.1, -0.05) is 13.8 Å². The van der Waals surface area contributed by atoms with Gasteiger partial charge in [0.05, 0.1) is 0 Å². The van der Waals surface area contributed by atoms with Gasteiger partial charge in [0.2, 0.25) is 0 Å². The number of guanidine groups is 1. The third-order valence-corrected chi connectivity index (χ3v) is 4.41. The van der Waals surface area contributed by atoms with E-state index in [-0.39, 0.29) is 24.0 Å². The van der Waals surface area contributed by atoms with Crippen LogP contribution in [0.25, 0.3) is 0 Å². The van der Waals surface area contributed by atoms with Crippen molar-refractivity contribution in [3.8, 4) is 0 Å². The summed E-state index contributed by atoms with van der Waals surface area (Å²) in [6.07, 6.45) is 7.56. The molecule has 1 aromatic rings. The molecule has 2 rings (SSSR count). The molecule has 1 aliphatic heterocycles.